The van der Waals surface area contributed by atoms with Gasteiger partial charge in [0.05, 0.1) is 25.3 Å². The Morgan fingerprint density at radius 2 is 2.14 bits per heavy atom. The van der Waals surface area contributed by atoms with Gasteiger partial charge < -0.3 is 14.0 Å². The number of fused-ring (bicyclic) bond motifs is 3. The van der Waals surface area contributed by atoms with E-state index in [1.54, 1.807) is 7.11 Å². The Bertz CT molecular complexity index is 989. The molecule has 0 N–H and O–H groups in total. The predicted molar refractivity (Wildman–Crippen MR) is 109 cm³/mol. The Kier molecular flexibility index (Phi) is 4.05. The molecule has 5 rings (SSSR count). The average Bonchev–Trinajstić information content (AvgIpc) is 3.06. The van der Waals surface area contributed by atoms with Gasteiger partial charge in [0, 0.05) is 29.1 Å². The fraction of sp³-hybridized carbons (Fsp3) is 0.522. The van der Waals surface area contributed by atoms with Gasteiger partial charge in [-0.15, -0.1) is 0 Å². The van der Waals surface area contributed by atoms with Gasteiger partial charge in [-0.25, -0.2) is 4.79 Å². The lowest BCUT2D eigenvalue weighted by Gasteiger charge is -2.53. The molecule has 1 aromatic heterocycles. The van der Waals surface area contributed by atoms with Crippen molar-refractivity contribution in [2.24, 2.45) is 5.41 Å². The van der Waals surface area contributed by atoms with Crippen LogP contribution in [0, 0.1) is 5.41 Å². The normalized spacial score (nSPS) is 26.0. The molecule has 0 unspecified atom stereocenters. The summed E-state index contributed by atoms with van der Waals surface area (Å²) in [6.45, 7) is 6.74. The minimum Gasteiger partial charge on any atom is -0.497 e. The maximum Gasteiger partial charge on any atom is 0.354 e. The van der Waals surface area contributed by atoms with Crippen LogP contribution in [0.2, 0.25) is 0 Å². The Labute approximate surface area is 165 Å². The minimum absolute atomic E-state index is 0.00395. The first-order chi connectivity index (χ1) is 13.6. The van der Waals surface area contributed by atoms with E-state index in [1.807, 2.05) is 13.0 Å². The number of hydrogen-bond acceptors (Lipinski definition) is 4. The number of benzene rings is 1. The molecular formula is C23H28N2O3. The third kappa shape index (κ3) is 2.26. The van der Waals surface area contributed by atoms with Crippen LogP contribution in [0.4, 0.5) is 0 Å². The van der Waals surface area contributed by atoms with Crippen LogP contribution in [-0.2, 0) is 16.0 Å². The standard InChI is InChI=1S/C23H28N2O3/c1-4-23-10-6-11-24-12-9-17-16-8-7-15(27-3)13-18(16)25(20(17)21(23)24)19(14-23)22(26)28-5-2/h7-8,13-14,21H,4-6,9-12H2,1-3H3/t21-,23+/m1/s1. The van der Waals surface area contributed by atoms with Gasteiger partial charge in [0.25, 0.3) is 0 Å². The van der Waals surface area contributed by atoms with Gasteiger partial charge in [-0.3, -0.25) is 4.90 Å². The molecule has 2 atom stereocenters. The van der Waals surface area contributed by atoms with Crippen LogP contribution in [0.25, 0.3) is 16.6 Å². The molecule has 1 aromatic carbocycles. The molecule has 0 amide bonds. The number of esters is 1. The Hall–Kier alpha value is -2.27. The molecule has 0 aliphatic carbocycles. The number of piperidine rings is 1. The summed E-state index contributed by atoms with van der Waals surface area (Å²) < 4.78 is 13.2. The third-order valence-electron chi connectivity index (χ3n) is 7.03. The van der Waals surface area contributed by atoms with Gasteiger partial charge in [-0.2, -0.15) is 0 Å². The second kappa shape index (κ2) is 6.38. The van der Waals surface area contributed by atoms with Crippen LogP contribution >= 0.6 is 0 Å². The maximum atomic E-state index is 13.0. The first-order valence-corrected chi connectivity index (χ1v) is 10.5. The first kappa shape index (κ1) is 17.8. The number of carbonyl (C=O) groups excluding carboxylic acids is 1. The molecule has 148 valence electrons. The molecule has 0 radical (unpaired) electrons. The summed E-state index contributed by atoms with van der Waals surface area (Å²) in [5, 5.41) is 1.24. The first-order valence-electron chi connectivity index (χ1n) is 10.5. The molecule has 5 heteroatoms. The smallest absolute Gasteiger partial charge is 0.354 e. The largest absolute Gasteiger partial charge is 0.497 e. The lowest BCUT2D eigenvalue weighted by atomic mass is 9.66. The molecule has 5 nitrogen and oxygen atoms in total. The highest BCUT2D eigenvalue weighted by atomic mass is 16.5. The number of hydrogen-bond donors (Lipinski definition) is 0. The van der Waals surface area contributed by atoms with Crippen LogP contribution < -0.4 is 4.74 Å². The van der Waals surface area contributed by atoms with Crippen LogP contribution in [0.1, 0.15) is 50.4 Å². The van der Waals surface area contributed by atoms with Crippen LogP contribution in [0.3, 0.4) is 0 Å². The zero-order valence-corrected chi connectivity index (χ0v) is 17.0. The number of aromatic nitrogens is 1. The molecule has 1 saturated heterocycles. The average molecular weight is 380 g/mol. The van der Waals surface area contributed by atoms with Gasteiger partial charge in [0.15, 0.2) is 0 Å². The summed E-state index contributed by atoms with van der Waals surface area (Å²) in [5.41, 5.74) is 4.45. The highest BCUT2D eigenvalue weighted by Gasteiger charge is 2.51. The molecule has 1 fully saturated rings. The summed E-state index contributed by atoms with van der Waals surface area (Å²) in [4.78, 5) is 15.7. The SMILES string of the molecule is CCOC(=O)C1=C[C@]2(CC)CCCN3CCc4c(n1c1cc(OC)ccc41)[C@@H]32. The van der Waals surface area contributed by atoms with Crippen molar-refractivity contribution in [1.29, 1.82) is 0 Å². The number of carbonyl (C=O) groups is 1. The monoisotopic (exact) mass is 380 g/mol. The summed E-state index contributed by atoms with van der Waals surface area (Å²) >= 11 is 0. The summed E-state index contributed by atoms with van der Waals surface area (Å²) in [6, 6.07) is 6.58. The highest BCUT2D eigenvalue weighted by molar-refractivity contribution is 6.13. The van der Waals surface area contributed by atoms with Gasteiger partial charge >= 0.3 is 5.97 Å². The lowest BCUT2D eigenvalue weighted by Crippen LogP contribution is -2.51. The van der Waals surface area contributed by atoms with Crippen molar-refractivity contribution in [3.05, 3.63) is 35.5 Å². The fourth-order valence-electron chi connectivity index (χ4n) is 5.79. The fourth-order valence-corrected chi connectivity index (χ4v) is 5.79. The van der Waals surface area contributed by atoms with Gasteiger partial charge in [-0.1, -0.05) is 6.92 Å². The molecule has 28 heavy (non-hydrogen) atoms. The van der Waals surface area contributed by atoms with Crippen molar-refractivity contribution < 1.29 is 14.3 Å². The van der Waals surface area contributed by atoms with Crippen LogP contribution in [0.15, 0.2) is 24.3 Å². The number of nitrogens with zero attached hydrogens (tertiary/aromatic N) is 2. The van der Waals surface area contributed by atoms with Gasteiger partial charge in [0.1, 0.15) is 11.4 Å². The van der Waals surface area contributed by atoms with E-state index in [0.717, 1.165) is 43.6 Å². The molecule has 4 heterocycles. The van der Waals surface area contributed by atoms with Crippen LogP contribution in [0.5, 0.6) is 5.75 Å². The van der Waals surface area contributed by atoms with E-state index in [9.17, 15) is 4.79 Å². The van der Waals surface area contributed by atoms with E-state index in [4.69, 9.17) is 9.47 Å². The Morgan fingerprint density at radius 3 is 2.89 bits per heavy atom. The van der Waals surface area contributed by atoms with E-state index in [1.165, 1.54) is 23.1 Å². The Balaban J connectivity index is 1.85. The zero-order valence-electron chi connectivity index (χ0n) is 17.0. The quantitative estimate of drug-likeness (QED) is 0.747. The van der Waals surface area contributed by atoms with E-state index in [2.05, 4.69) is 34.6 Å². The second-order valence-electron chi connectivity index (χ2n) is 8.21. The molecule has 0 bridgehead atoms. The molecular weight excluding hydrogens is 352 g/mol. The topological polar surface area (TPSA) is 43.7 Å². The van der Waals surface area contributed by atoms with Crippen molar-refractivity contribution >= 4 is 22.6 Å². The molecule has 0 saturated carbocycles. The number of rotatable bonds is 4. The summed E-state index contributed by atoms with van der Waals surface area (Å²) in [5.74, 6) is 0.591. The van der Waals surface area contributed by atoms with Crippen molar-refractivity contribution in [2.75, 3.05) is 26.8 Å². The summed E-state index contributed by atoms with van der Waals surface area (Å²) in [7, 11) is 1.69. The molecule has 3 aliphatic heterocycles. The molecule has 2 aromatic rings. The van der Waals surface area contributed by atoms with Crippen molar-refractivity contribution in [1.82, 2.24) is 9.47 Å². The van der Waals surface area contributed by atoms with Crippen molar-refractivity contribution in [3.8, 4) is 5.75 Å². The van der Waals surface area contributed by atoms with Crippen molar-refractivity contribution in [2.45, 2.75) is 45.6 Å². The van der Waals surface area contributed by atoms with Crippen LogP contribution in [-0.4, -0.2) is 42.2 Å². The summed E-state index contributed by atoms with van der Waals surface area (Å²) in [6.07, 6.45) is 6.60. The van der Waals surface area contributed by atoms with E-state index in [0.29, 0.717) is 18.3 Å². The lowest BCUT2D eigenvalue weighted by molar-refractivity contribution is -0.136. The molecule has 0 spiro atoms. The maximum absolute atomic E-state index is 13.0. The minimum atomic E-state index is -0.223. The van der Waals surface area contributed by atoms with Gasteiger partial charge in [0.2, 0.25) is 0 Å². The number of ether oxygens (including phenoxy) is 2. The Morgan fingerprint density at radius 1 is 1.29 bits per heavy atom. The van der Waals surface area contributed by atoms with E-state index < -0.39 is 0 Å². The molecule has 3 aliphatic rings. The van der Waals surface area contributed by atoms with E-state index in [-0.39, 0.29) is 11.4 Å². The highest BCUT2D eigenvalue weighted by Crippen LogP contribution is 2.57. The number of methoxy groups -OCH3 is 1. The van der Waals surface area contributed by atoms with Gasteiger partial charge in [-0.05, 0) is 62.9 Å². The zero-order chi connectivity index (χ0) is 19.5. The van der Waals surface area contributed by atoms with Crippen molar-refractivity contribution in [3.63, 3.8) is 0 Å². The van der Waals surface area contributed by atoms with E-state index >= 15 is 0 Å². The third-order valence-corrected chi connectivity index (χ3v) is 7.03. The second-order valence-corrected chi connectivity index (χ2v) is 8.21. The predicted octanol–water partition coefficient (Wildman–Crippen LogP) is 4.16.